The molecular formula is C17H13ClF3NO3. The van der Waals surface area contributed by atoms with E-state index >= 15 is 0 Å². The second-order valence-electron chi connectivity index (χ2n) is 5.22. The third kappa shape index (κ3) is 4.96. The van der Waals surface area contributed by atoms with Crippen molar-refractivity contribution in [2.45, 2.75) is 18.6 Å². The summed E-state index contributed by atoms with van der Waals surface area (Å²) in [5.74, 6) is -1.83. The van der Waals surface area contributed by atoms with E-state index in [0.29, 0.717) is 11.6 Å². The first-order valence-corrected chi connectivity index (χ1v) is 7.50. The average Bonchev–Trinajstić information content (AvgIpc) is 2.55. The smallest absolute Gasteiger partial charge is 0.416 e. The number of hydrogen-bond donors (Lipinski definition) is 2. The Kier molecular flexibility index (Phi) is 5.69. The van der Waals surface area contributed by atoms with Gasteiger partial charge < -0.3 is 10.4 Å². The van der Waals surface area contributed by atoms with Crippen LogP contribution in [0.2, 0.25) is 5.02 Å². The van der Waals surface area contributed by atoms with E-state index in [1.807, 2.05) is 0 Å². The zero-order valence-electron chi connectivity index (χ0n) is 12.7. The lowest BCUT2D eigenvalue weighted by Gasteiger charge is -2.17. The maximum absolute atomic E-state index is 12.8. The molecule has 2 N–H and O–H groups in total. The van der Waals surface area contributed by atoms with Crippen molar-refractivity contribution in [3.8, 4) is 0 Å². The summed E-state index contributed by atoms with van der Waals surface area (Å²) in [6.45, 7) is 0. The molecule has 2 aromatic carbocycles. The zero-order chi connectivity index (χ0) is 18.6. The second kappa shape index (κ2) is 7.57. The fourth-order valence-electron chi connectivity index (χ4n) is 2.13. The fraction of sp³-hybridized carbons (Fsp3) is 0.176. The molecule has 0 spiro atoms. The fourth-order valence-corrected chi connectivity index (χ4v) is 2.30. The van der Waals surface area contributed by atoms with Gasteiger partial charge in [0.25, 0.3) is 0 Å². The number of anilines is 1. The molecule has 0 saturated carbocycles. The molecule has 0 unspecified atom stereocenters. The molecule has 0 fully saturated rings. The minimum atomic E-state index is -4.60. The molecule has 2 rings (SSSR count). The number of Topliss-reactive ketones (excluding diaryl/α,β-unsaturated/α-hetero) is 1. The maximum Gasteiger partial charge on any atom is 0.416 e. The molecule has 2 aromatic rings. The van der Waals surface area contributed by atoms with Crippen molar-refractivity contribution in [1.29, 1.82) is 0 Å². The van der Waals surface area contributed by atoms with Gasteiger partial charge in [0.05, 0.1) is 16.3 Å². The van der Waals surface area contributed by atoms with Crippen LogP contribution in [0.1, 0.15) is 22.3 Å². The number of halogens is 4. The molecule has 4 nitrogen and oxygen atoms in total. The van der Waals surface area contributed by atoms with Crippen molar-refractivity contribution in [2.75, 3.05) is 5.32 Å². The minimum Gasteiger partial charge on any atom is -0.480 e. The van der Waals surface area contributed by atoms with Gasteiger partial charge in [0.2, 0.25) is 0 Å². The van der Waals surface area contributed by atoms with E-state index in [2.05, 4.69) is 5.32 Å². The quantitative estimate of drug-likeness (QED) is 0.734. The van der Waals surface area contributed by atoms with Crippen LogP contribution in [0.25, 0.3) is 0 Å². The molecule has 0 aromatic heterocycles. The van der Waals surface area contributed by atoms with Gasteiger partial charge in [0, 0.05) is 12.0 Å². The van der Waals surface area contributed by atoms with E-state index in [1.54, 1.807) is 18.2 Å². The summed E-state index contributed by atoms with van der Waals surface area (Å²) in [7, 11) is 0. The normalized spacial score (nSPS) is 12.5. The first-order valence-electron chi connectivity index (χ1n) is 7.13. The summed E-state index contributed by atoms with van der Waals surface area (Å²) in [6.07, 6.45) is -5.04. The topological polar surface area (TPSA) is 66.4 Å². The van der Waals surface area contributed by atoms with Gasteiger partial charge >= 0.3 is 12.1 Å². The number of alkyl halides is 3. The lowest BCUT2D eigenvalue weighted by atomic mass is 10.0. The Hall–Kier alpha value is -2.54. The standard InChI is InChI=1S/C17H13ClF3NO3/c18-12-7-6-11(17(19,20)21)8-13(12)22-14(16(24)25)9-15(23)10-4-2-1-3-5-10/h1-8,14,22H,9H2,(H,24,25)/t14-/m0/s1. The molecule has 0 saturated heterocycles. The van der Waals surface area contributed by atoms with Gasteiger partial charge in [-0.3, -0.25) is 4.79 Å². The van der Waals surface area contributed by atoms with Crippen molar-refractivity contribution >= 4 is 29.0 Å². The molecule has 0 heterocycles. The number of carboxylic acid groups (broad SMARTS) is 1. The highest BCUT2D eigenvalue weighted by Gasteiger charge is 2.31. The maximum atomic E-state index is 12.8. The van der Waals surface area contributed by atoms with E-state index in [1.165, 1.54) is 12.1 Å². The SMILES string of the molecule is O=C(C[C@H](Nc1cc(C(F)(F)F)ccc1Cl)C(=O)O)c1ccccc1. The predicted molar refractivity (Wildman–Crippen MR) is 86.9 cm³/mol. The number of hydrogen-bond acceptors (Lipinski definition) is 3. The van der Waals surface area contributed by atoms with Crippen LogP contribution in [-0.4, -0.2) is 22.9 Å². The van der Waals surface area contributed by atoms with Crippen LogP contribution in [0, 0.1) is 0 Å². The lowest BCUT2D eigenvalue weighted by Crippen LogP contribution is -2.32. The molecule has 0 aliphatic carbocycles. The Morgan fingerprint density at radius 1 is 1.12 bits per heavy atom. The number of benzene rings is 2. The van der Waals surface area contributed by atoms with Crippen LogP contribution in [0.4, 0.5) is 18.9 Å². The van der Waals surface area contributed by atoms with Gasteiger partial charge in [-0.2, -0.15) is 13.2 Å². The molecule has 0 amide bonds. The Morgan fingerprint density at radius 2 is 1.76 bits per heavy atom. The van der Waals surface area contributed by atoms with Crippen LogP contribution < -0.4 is 5.32 Å². The number of carbonyl (C=O) groups excluding carboxylic acids is 1. The summed E-state index contributed by atoms with van der Waals surface area (Å²) >= 11 is 5.84. The summed E-state index contributed by atoms with van der Waals surface area (Å²) in [5.41, 5.74) is -0.867. The van der Waals surface area contributed by atoms with Gasteiger partial charge in [0.15, 0.2) is 5.78 Å². The Labute approximate surface area is 146 Å². The highest BCUT2D eigenvalue weighted by Crippen LogP contribution is 2.34. The van der Waals surface area contributed by atoms with Crippen molar-refractivity contribution < 1.29 is 27.9 Å². The minimum absolute atomic E-state index is 0.0774. The Morgan fingerprint density at radius 3 is 2.32 bits per heavy atom. The molecule has 0 aliphatic heterocycles. The molecule has 0 radical (unpaired) electrons. The average molecular weight is 372 g/mol. The molecule has 25 heavy (non-hydrogen) atoms. The monoisotopic (exact) mass is 371 g/mol. The number of rotatable bonds is 6. The number of aliphatic carboxylic acids is 1. The van der Waals surface area contributed by atoms with Crippen LogP contribution in [0.15, 0.2) is 48.5 Å². The highest BCUT2D eigenvalue weighted by molar-refractivity contribution is 6.33. The van der Waals surface area contributed by atoms with E-state index in [-0.39, 0.29) is 10.7 Å². The summed E-state index contributed by atoms with van der Waals surface area (Å²) in [6, 6.07) is 9.10. The number of ketones is 1. The lowest BCUT2D eigenvalue weighted by molar-refractivity contribution is -0.138. The molecular weight excluding hydrogens is 359 g/mol. The molecule has 132 valence electrons. The number of carboxylic acids is 1. The third-order valence-electron chi connectivity index (χ3n) is 3.41. The van der Waals surface area contributed by atoms with Crippen molar-refractivity contribution in [3.05, 3.63) is 64.7 Å². The van der Waals surface area contributed by atoms with E-state index < -0.39 is 36.0 Å². The zero-order valence-corrected chi connectivity index (χ0v) is 13.4. The van der Waals surface area contributed by atoms with E-state index in [0.717, 1.165) is 12.1 Å². The number of nitrogens with one attached hydrogen (secondary N) is 1. The highest BCUT2D eigenvalue weighted by atomic mass is 35.5. The van der Waals surface area contributed by atoms with Crippen LogP contribution >= 0.6 is 11.6 Å². The summed E-state index contributed by atoms with van der Waals surface area (Å²) in [5, 5.41) is 11.6. The molecule has 0 aliphatic rings. The van der Waals surface area contributed by atoms with Crippen LogP contribution in [0.5, 0.6) is 0 Å². The first kappa shape index (κ1) is 18.8. The predicted octanol–water partition coefficient (Wildman–Crippen LogP) is 4.50. The van der Waals surface area contributed by atoms with Crippen molar-refractivity contribution in [2.24, 2.45) is 0 Å². The molecule has 0 bridgehead atoms. The van der Waals surface area contributed by atoms with Gasteiger partial charge in [-0.05, 0) is 18.2 Å². The van der Waals surface area contributed by atoms with Crippen LogP contribution in [0.3, 0.4) is 0 Å². The summed E-state index contributed by atoms with van der Waals surface area (Å²) < 4.78 is 38.4. The third-order valence-corrected chi connectivity index (χ3v) is 3.74. The van der Waals surface area contributed by atoms with Crippen molar-refractivity contribution in [3.63, 3.8) is 0 Å². The first-order chi connectivity index (χ1) is 11.7. The van der Waals surface area contributed by atoms with Gasteiger partial charge in [-0.25, -0.2) is 4.79 Å². The largest absolute Gasteiger partial charge is 0.480 e. The second-order valence-corrected chi connectivity index (χ2v) is 5.63. The van der Waals surface area contributed by atoms with Gasteiger partial charge in [0.1, 0.15) is 6.04 Å². The Balaban J connectivity index is 2.22. The number of carbonyl (C=O) groups is 2. The van der Waals surface area contributed by atoms with E-state index in [9.17, 15) is 27.9 Å². The van der Waals surface area contributed by atoms with Gasteiger partial charge in [-0.1, -0.05) is 41.9 Å². The van der Waals surface area contributed by atoms with Crippen LogP contribution in [-0.2, 0) is 11.0 Å². The molecule has 8 heteroatoms. The van der Waals surface area contributed by atoms with Crippen molar-refractivity contribution in [1.82, 2.24) is 0 Å². The Bertz CT molecular complexity index is 778. The molecule has 1 atom stereocenters. The van der Waals surface area contributed by atoms with E-state index in [4.69, 9.17) is 11.6 Å². The van der Waals surface area contributed by atoms with Gasteiger partial charge in [-0.15, -0.1) is 0 Å². The summed E-state index contributed by atoms with van der Waals surface area (Å²) in [4.78, 5) is 23.5.